The number of amides is 4. The highest BCUT2D eigenvalue weighted by Gasteiger charge is 2.69. The molecule has 0 saturated carbocycles. The van der Waals surface area contributed by atoms with Crippen LogP contribution >= 0.6 is 22.6 Å². The average Bonchev–Trinajstić information content (AvgIpc) is 4.18. The molecule has 442 valence electrons. The molecule has 0 spiro atoms. The third-order valence-electron chi connectivity index (χ3n) is 13.7. The van der Waals surface area contributed by atoms with Crippen LogP contribution in [0.15, 0.2) is 91.8 Å². The highest BCUT2D eigenvalue weighted by Crippen LogP contribution is 2.48. The summed E-state index contributed by atoms with van der Waals surface area (Å²) in [6.45, 7) is 5.65. The number of carbonyl (C=O) groups excluding carboxylic acids is 9. The monoisotopic (exact) mass is 1270 g/mol. The molecule has 1 aromatic rings. The van der Waals surface area contributed by atoms with Crippen LogP contribution in [0, 0.1) is 0 Å². The Kier molecular flexibility index (Phi) is 19.2. The SMILES string of the molecule is C=C1O[C@@H](N2C=CC(=O)CC2=O)[C@](C)(F)[C@@H]1O.C[C@@]1(F)[C@H](O)[C@@H](CO)O[C@H]1N1C=CC(=O)CC1=O.C[C@]1(F)[C@H](N2C=CC(=O)CC2=O)O[C@](F)(CI)[C@H]1OC(=O)c1ccccc1.C[C@]1(F)[C@H](N2C=CC(=O)CC2=O)O[C@](F)(CO)[C@H]1O. The van der Waals surface area contributed by atoms with Crippen LogP contribution in [0.4, 0.5) is 26.3 Å². The second-order valence-electron chi connectivity index (χ2n) is 20.0. The summed E-state index contributed by atoms with van der Waals surface area (Å²) in [6, 6.07) is 7.78. The number of allylic oxidation sites excluding steroid dienone is 4. The molecule has 5 N–H and O–H groups in total. The quantitative estimate of drug-likeness (QED) is 0.0769. The molecule has 15 atom stereocenters. The van der Waals surface area contributed by atoms with Crippen molar-refractivity contribution in [3.8, 4) is 0 Å². The standard InChI is InChI=1S/C18H16F2INO5.C11H13F2NO5.C11H14FNO5.C11H12FNO4/c1-17(19)15(26-14(25)11-5-3-2-4-6-11)18(20,10-21)27-16(17)22-8-7-12(23)9-13(22)24;1-10(12)8(18)11(13,5-15)19-9(10)14-3-2-6(16)4-7(14)17;1-11(12)9(17)7(5-14)18-10(11)13-3-2-6(15)4-8(13)16;1-6-9(16)11(2,12)10(17-6)13-4-3-7(14)5-8(13)15/h2-8,15-16H,9-10H2,1H3;2-3,8-9,15,18H,4-5H2,1H3;2-3,7,9-10,14,17H,4-5H2,1H3;3-4,9-10,16H,1,5H2,2H3/t15-,16+,17+,18+;8-,9+,10+,11+;7-,9-,10-,11-;9-,10-,11-/m0011/s1. The number of nitrogens with zero attached hydrogens (tertiary/aromatic N) is 4. The van der Waals surface area contributed by atoms with Gasteiger partial charge >= 0.3 is 5.97 Å². The van der Waals surface area contributed by atoms with Crippen molar-refractivity contribution in [3.63, 3.8) is 0 Å². The number of hydrogen-bond acceptors (Lipinski definition) is 19. The fourth-order valence-corrected chi connectivity index (χ4v) is 9.73. The van der Waals surface area contributed by atoms with Gasteiger partial charge in [-0.2, -0.15) is 0 Å². The fraction of sp³-hybridized carbons (Fsp3) is 0.510. The van der Waals surface area contributed by atoms with E-state index in [-0.39, 0.29) is 40.2 Å². The first-order valence-electron chi connectivity index (χ1n) is 24.3. The van der Waals surface area contributed by atoms with E-state index in [4.69, 9.17) is 29.2 Å². The third kappa shape index (κ3) is 12.9. The van der Waals surface area contributed by atoms with E-state index in [9.17, 15) is 76.0 Å². The lowest BCUT2D eigenvalue weighted by Gasteiger charge is -2.33. The lowest BCUT2D eigenvalue weighted by atomic mass is 9.96. The van der Waals surface area contributed by atoms with Crippen molar-refractivity contribution < 1.29 is 119 Å². The summed E-state index contributed by atoms with van der Waals surface area (Å²) in [5.74, 6) is -10.9. The molecule has 30 heteroatoms. The molecule has 9 rings (SSSR count). The lowest BCUT2D eigenvalue weighted by molar-refractivity contribution is -0.212. The number of alkyl halides is 7. The number of esters is 1. The van der Waals surface area contributed by atoms with Gasteiger partial charge in [0.15, 0.2) is 76.7 Å². The van der Waals surface area contributed by atoms with Crippen LogP contribution in [0.1, 0.15) is 63.7 Å². The molecule has 8 aliphatic rings. The van der Waals surface area contributed by atoms with Crippen molar-refractivity contribution in [2.45, 2.75) is 143 Å². The fourth-order valence-electron chi connectivity index (χ4n) is 9.15. The molecule has 0 aromatic heterocycles. The molecule has 4 fully saturated rings. The van der Waals surface area contributed by atoms with Crippen molar-refractivity contribution >= 4 is 75.3 Å². The van der Waals surface area contributed by atoms with Crippen LogP contribution < -0.4 is 0 Å². The highest BCUT2D eigenvalue weighted by molar-refractivity contribution is 14.1. The maximum absolute atomic E-state index is 15.6. The van der Waals surface area contributed by atoms with E-state index in [1.165, 1.54) is 24.4 Å². The van der Waals surface area contributed by atoms with Crippen LogP contribution in [-0.2, 0) is 62.0 Å². The molecule has 0 aliphatic carbocycles. The van der Waals surface area contributed by atoms with Crippen LogP contribution in [0.5, 0.6) is 0 Å². The van der Waals surface area contributed by atoms with E-state index < -0.39 is 157 Å². The molecular formula is C51H55F6IN4O19. The average molecular weight is 1270 g/mol. The summed E-state index contributed by atoms with van der Waals surface area (Å²) in [5, 5.41) is 46.6. The van der Waals surface area contributed by atoms with Gasteiger partial charge in [-0.25, -0.2) is 31.1 Å². The Labute approximate surface area is 470 Å². The minimum absolute atomic E-state index is 0.127. The first-order valence-corrected chi connectivity index (χ1v) is 25.8. The normalized spacial score (nSPS) is 38.2. The summed E-state index contributed by atoms with van der Waals surface area (Å²) < 4.78 is 113. The van der Waals surface area contributed by atoms with Crippen molar-refractivity contribution in [2.75, 3.05) is 17.6 Å². The largest absolute Gasteiger partial charge is 0.469 e. The van der Waals surface area contributed by atoms with Gasteiger partial charge in [0.25, 0.3) is 11.7 Å². The van der Waals surface area contributed by atoms with Gasteiger partial charge in [-0.3, -0.25) is 58.0 Å². The Balaban J connectivity index is 0.000000177. The van der Waals surface area contributed by atoms with Gasteiger partial charge in [0.05, 0.1) is 42.3 Å². The summed E-state index contributed by atoms with van der Waals surface area (Å²) in [7, 11) is 0. The van der Waals surface area contributed by atoms with Gasteiger partial charge < -0.3 is 49.2 Å². The van der Waals surface area contributed by atoms with Gasteiger partial charge in [-0.05, 0) is 64.1 Å². The van der Waals surface area contributed by atoms with Crippen molar-refractivity contribution in [1.29, 1.82) is 0 Å². The number of rotatable bonds is 9. The Hall–Kier alpha value is -6.26. The summed E-state index contributed by atoms with van der Waals surface area (Å²) >= 11 is 1.66. The third-order valence-corrected chi connectivity index (χ3v) is 14.7. The first-order chi connectivity index (χ1) is 37.6. The number of ketones is 4. The number of ether oxygens (including phenoxy) is 5. The maximum Gasteiger partial charge on any atom is 0.338 e. The van der Waals surface area contributed by atoms with Gasteiger partial charge in [0.1, 0.15) is 30.7 Å². The number of benzene rings is 1. The van der Waals surface area contributed by atoms with Gasteiger partial charge in [0, 0.05) is 24.8 Å². The Morgan fingerprint density at radius 1 is 0.617 bits per heavy atom. The number of aliphatic hydroxyl groups excluding tert-OH is 5. The molecule has 81 heavy (non-hydrogen) atoms. The summed E-state index contributed by atoms with van der Waals surface area (Å²) in [4.78, 5) is 107. The van der Waals surface area contributed by atoms with Gasteiger partial charge in [0.2, 0.25) is 29.9 Å². The van der Waals surface area contributed by atoms with Crippen LogP contribution in [0.2, 0.25) is 0 Å². The van der Waals surface area contributed by atoms with Crippen LogP contribution in [0.25, 0.3) is 0 Å². The predicted octanol–water partition coefficient (Wildman–Crippen LogP) is 1.49. The van der Waals surface area contributed by atoms with E-state index in [1.807, 2.05) is 0 Å². The summed E-state index contributed by atoms with van der Waals surface area (Å²) in [5.41, 5.74) is -9.42. The molecule has 4 amide bonds. The van der Waals surface area contributed by atoms with Crippen molar-refractivity contribution in [2.24, 2.45) is 0 Å². The van der Waals surface area contributed by atoms with Crippen molar-refractivity contribution in [3.05, 3.63) is 97.3 Å². The first kappa shape index (κ1) is 63.9. The van der Waals surface area contributed by atoms with Crippen LogP contribution in [0.3, 0.4) is 0 Å². The minimum Gasteiger partial charge on any atom is -0.469 e. The Morgan fingerprint density at radius 2 is 1.02 bits per heavy atom. The molecule has 8 aliphatic heterocycles. The van der Waals surface area contributed by atoms with E-state index >= 15 is 8.78 Å². The smallest absolute Gasteiger partial charge is 0.338 e. The molecule has 8 heterocycles. The number of carbonyl (C=O) groups is 9. The van der Waals surface area contributed by atoms with E-state index in [0.29, 0.717) is 4.90 Å². The topological polar surface area (TPSA) is 314 Å². The maximum atomic E-state index is 15.6. The van der Waals surface area contributed by atoms with Gasteiger partial charge in [-0.1, -0.05) is 47.4 Å². The Bertz CT molecular complexity index is 2820. The van der Waals surface area contributed by atoms with Crippen molar-refractivity contribution in [1.82, 2.24) is 19.6 Å². The second kappa shape index (κ2) is 24.3. The molecule has 1 aromatic carbocycles. The second-order valence-corrected chi connectivity index (χ2v) is 20.8. The minimum atomic E-state index is -3.00. The predicted molar refractivity (Wildman–Crippen MR) is 267 cm³/mol. The van der Waals surface area contributed by atoms with E-state index in [2.05, 4.69) is 11.3 Å². The molecule has 0 radical (unpaired) electrons. The lowest BCUT2D eigenvalue weighted by Crippen LogP contribution is -2.53. The number of hydrogen-bond donors (Lipinski definition) is 5. The zero-order valence-electron chi connectivity index (χ0n) is 43.2. The molecule has 0 unspecified atom stereocenters. The van der Waals surface area contributed by atoms with Gasteiger partial charge in [-0.15, -0.1) is 0 Å². The van der Waals surface area contributed by atoms with E-state index in [0.717, 1.165) is 79.2 Å². The molecule has 4 saturated heterocycles. The zero-order valence-corrected chi connectivity index (χ0v) is 45.4. The van der Waals surface area contributed by atoms with Crippen LogP contribution in [-0.4, -0.2) is 205 Å². The molecule has 0 bridgehead atoms. The highest BCUT2D eigenvalue weighted by atomic mass is 127. The number of aliphatic hydroxyl groups is 5. The summed E-state index contributed by atoms with van der Waals surface area (Å²) in [6.07, 6.45) is -7.18. The Morgan fingerprint density at radius 3 is 1.38 bits per heavy atom. The number of halogens is 7. The zero-order chi connectivity index (χ0) is 60.5. The molecule has 23 nitrogen and oxygen atoms in total. The van der Waals surface area contributed by atoms with E-state index in [1.54, 1.807) is 40.8 Å². The molecular weight excluding hydrogens is 1210 g/mol.